The van der Waals surface area contributed by atoms with Crippen LogP contribution in [-0.2, 0) is 9.59 Å². The van der Waals surface area contributed by atoms with Crippen molar-refractivity contribution in [2.24, 2.45) is 4.99 Å². The summed E-state index contributed by atoms with van der Waals surface area (Å²) in [6.45, 7) is 1.51. The van der Waals surface area contributed by atoms with Gasteiger partial charge < -0.3 is 15.2 Å². The van der Waals surface area contributed by atoms with Crippen molar-refractivity contribution in [1.29, 1.82) is 0 Å². The topological polar surface area (TPSA) is 88.0 Å². The summed E-state index contributed by atoms with van der Waals surface area (Å²) < 4.78 is 5.27. The Hall–Kier alpha value is -3.06. The van der Waals surface area contributed by atoms with Crippen LogP contribution >= 0.6 is 11.8 Å². The molecular weight excluding hydrogens is 352 g/mol. The van der Waals surface area contributed by atoms with Gasteiger partial charge in [0.15, 0.2) is 11.8 Å². The lowest BCUT2D eigenvalue weighted by Crippen LogP contribution is -2.19. The van der Waals surface area contributed by atoms with Crippen LogP contribution in [0.5, 0.6) is 5.75 Å². The van der Waals surface area contributed by atoms with Crippen molar-refractivity contribution in [3.8, 4) is 5.75 Å². The van der Waals surface area contributed by atoms with Crippen LogP contribution in [0.3, 0.4) is 0 Å². The molecule has 7 heteroatoms. The molecule has 0 aromatic heterocycles. The molecule has 1 fully saturated rings. The third-order valence-corrected chi connectivity index (χ3v) is 4.45. The molecule has 1 aliphatic heterocycles. The Morgan fingerprint density at radius 2 is 1.96 bits per heavy atom. The maximum atomic E-state index is 12.2. The Morgan fingerprint density at radius 3 is 2.73 bits per heavy atom. The van der Waals surface area contributed by atoms with Gasteiger partial charge in [0.05, 0.1) is 10.6 Å². The van der Waals surface area contributed by atoms with Crippen molar-refractivity contribution in [3.05, 3.63) is 64.6 Å². The van der Waals surface area contributed by atoms with Gasteiger partial charge in [-0.2, -0.15) is 0 Å². The number of thioether (sulfide) groups is 1. The first-order valence-corrected chi connectivity index (χ1v) is 8.63. The zero-order chi connectivity index (χ0) is 18.5. The number of amides is 1. The first-order chi connectivity index (χ1) is 12.5. The molecule has 0 spiro atoms. The predicted molar refractivity (Wildman–Crippen MR) is 102 cm³/mol. The monoisotopic (exact) mass is 368 g/mol. The Kier molecular flexibility index (Phi) is 5.38. The zero-order valence-corrected chi connectivity index (χ0v) is 14.7. The van der Waals surface area contributed by atoms with Crippen LogP contribution in [0.4, 0.5) is 5.69 Å². The molecule has 3 rings (SSSR count). The van der Waals surface area contributed by atoms with E-state index in [4.69, 9.17) is 9.84 Å². The Bertz CT molecular complexity index is 921. The highest BCUT2D eigenvalue weighted by Crippen LogP contribution is 2.31. The van der Waals surface area contributed by atoms with Crippen molar-refractivity contribution in [2.45, 2.75) is 6.92 Å². The van der Waals surface area contributed by atoms with E-state index in [1.165, 1.54) is 11.8 Å². The van der Waals surface area contributed by atoms with Crippen LogP contribution < -0.4 is 10.1 Å². The molecule has 0 aliphatic carbocycles. The number of nitrogens with one attached hydrogen (secondary N) is 1. The third kappa shape index (κ3) is 4.31. The molecule has 2 aromatic carbocycles. The van der Waals surface area contributed by atoms with Crippen LogP contribution in [0.1, 0.15) is 11.1 Å². The Balaban J connectivity index is 1.83. The summed E-state index contributed by atoms with van der Waals surface area (Å²) in [6, 6.07) is 14.6. The number of aliphatic carboxylic acids is 1. The van der Waals surface area contributed by atoms with E-state index in [0.717, 1.165) is 11.3 Å². The lowest BCUT2D eigenvalue weighted by Gasteiger charge is -2.06. The van der Waals surface area contributed by atoms with Gasteiger partial charge in [-0.3, -0.25) is 4.79 Å². The number of para-hydroxylation sites is 2. The van der Waals surface area contributed by atoms with E-state index in [1.54, 1.807) is 30.3 Å². The molecule has 1 saturated heterocycles. The summed E-state index contributed by atoms with van der Waals surface area (Å²) in [4.78, 5) is 27.9. The highest BCUT2D eigenvalue weighted by atomic mass is 32.2. The van der Waals surface area contributed by atoms with Gasteiger partial charge in [0.2, 0.25) is 0 Å². The molecule has 132 valence electrons. The maximum Gasteiger partial charge on any atom is 0.341 e. The minimum absolute atomic E-state index is 0.254. The number of rotatable bonds is 5. The van der Waals surface area contributed by atoms with E-state index in [2.05, 4.69) is 10.3 Å². The molecule has 0 unspecified atom stereocenters. The summed E-state index contributed by atoms with van der Waals surface area (Å²) in [5, 5.41) is 12.0. The van der Waals surface area contributed by atoms with Crippen molar-refractivity contribution in [1.82, 2.24) is 5.32 Å². The maximum absolute atomic E-state index is 12.2. The van der Waals surface area contributed by atoms with Gasteiger partial charge in [0.1, 0.15) is 5.75 Å². The fourth-order valence-corrected chi connectivity index (χ4v) is 3.12. The standard InChI is InChI=1S/C19H16N2O4S/c1-12-6-2-4-8-14(12)20-19-21-18(24)16(26-19)10-13-7-3-5-9-15(13)25-11-17(22)23/h2-10H,11H2,1H3,(H,22,23)(H,20,21,24)/b16-10+. The van der Waals surface area contributed by atoms with E-state index >= 15 is 0 Å². The third-order valence-electron chi connectivity index (χ3n) is 3.55. The summed E-state index contributed by atoms with van der Waals surface area (Å²) in [5.74, 6) is -0.913. The van der Waals surface area contributed by atoms with E-state index < -0.39 is 12.6 Å². The van der Waals surface area contributed by atoms with Crippen molar-refractivity contribution in [2.75, 3.05) is 6.61 Å². The molecular formula is C19H16N2O4S. The van der Waals surface area contributed by atoms with E-state index in [0.29, 0.717) is 21.4 Å². The molecule has 1 amide bonds. The van der Waals surface area contributed by atoms with Crippen LogP contribution in [0.2, 0.25) is 0 Å². The molecule has 0 saturated carbocycles. The minimum Gasteiger partial charge on any atom is -0.481 e. The van der Waals surface area contributed by atoms with Gasteiger partial charge in [-0.15, -0.1) is 0 Å². The van der Waals surface area contributed by atoms with Crippen molar-refractivity contribution < 1.29 is 19.4 Å². The summed E-state index contributed by atoms with van der Waals surface area (Å²) in [7, 11) is 0. The van der Waals surface area contributed by atoms with Gasteiger partial charge >= 0.3 is 5.97 Å². The lowest BCUT2D eigenvalue weighted by molar-refractivity contribution is -0.139. The molecule has 0 bridgehead atoms. The second kappa shape index (κ2) is 7.88. The summed E-state index contributed by atoms with van der Waals surface area (Å²) in [6.07, 6.45) is 1.66. The van der Waals surface area contributed by atoms with E-state index in [-0.39, 0.29) is 5.91 Å². The van der Waals surface area contributed by atoms with E-state index in [1.807, 2.05) is 31.2 Å². The molecule has 26 heavy (non-hydrogen) atoms. The average molecular weight is 368 g/mol. The van der Waals surface area contributed by atoms with Gasteiger partial charge in [-0.05, 0) is 42.5 Å². The minimum atomic E-state index is -1.06. The number of hydrogen-bond acceptors (Lipinski definition) is 5. The highest BCUT2D eigenvalue weighted by molar-refractivity contribution is 8.18. The number of nitrogens with zero attached hydrogens (tertiary/aromatic N) is 1. The molecule has 2 aromatic rings. The van der Waals surface area contributed by atoms with Gasteiger partial charge in [0.25, 0.3) is 5.91 Å². The molecule has 2 N–H and O–H groups in total. The van der Waals surface area contributed by atoms with Gasteiger partial charge in [-0.1, -0.05) is 36.4 Å². The van der Waals surface area contributed by atoms with Gasteiger partial charge in [-0.25, -0.2) is 9.79 Å². The number of aryl methyl sites for hydroxylation is 1. The SMILES string of the molecule is Cc1ccccc1N=C1NC(=O)/C(=C\c2ccccc2OCC(=O)O)S1. The molecule has 0 atom stereocenters. The van der Waals surface area contributed by atoms with Crippen molar-refractivity contribution >= 4 is 40.6 Å². The molecule has 6 nitrogen and oxygen atoms in total. The second-order valence-corrected chi connectivity index (χ2v) is 6.52. The summed E-state index contributed by atoms with van der Waals surface area (Å²) >= 11 is 1.23. The Labute approximate surface area is 154 Å². The summed E-state index contributed by atoms with van der Waals surface area (Å²) in [5.41, 5.74) is 2.44. The Morgan fingerprint density at radius 1 is 1.23 bits per heavy atom. The average Bonchev–Trinajstić information content (AvgIpc) is 2.95. The van der Waals surface area contributed by atoms with Crippen molar-refractivity contribution in [3.63, 3.8) is 0 Å². The number of carboxylic acid groups (broad SMARTS) is 1. The second-order valence-electron chi connectivity index (χ2n) is 5.49. The number of carboxylic acids is 1. The predicted octanol–water partition coefficient (Wildman–Crippen LogP) is 3.35. The first-order valence-electron chi connectivity index (χ1n) is 7.82. The number of carbonyl (C=O) groups excluding carboxylic acids is 1. The fraction of sp³-hybridized carbons (Fsp3) is 0.105. The molecule has 1 heterocycles. The normalized spacial score (nSPS) is 16.7. The van der Waals surface area contributed by atoms with Gasteiger partial charge in [0, 0.05) is 5.56 Å². The number of aliphatic imine (C=N–C) groups is 1. The quantitative estimate of drug-likeness (QED) is 0.790. The number of hydrogen-bond donors (Lipinski definition) is 2. The highest BCUT2D eigenvalue weighted by Gasteiger charge is 2.24. The first kappa shape index (κ1) is 17.8. The zero-order valence-electron chi connectivity index (χ0n) is 13.9. The number of amidine groups is 1. The number of ether oxygens (including phenoxy) is 1. The molecule has 1 aliphatic rings. The smallest absolute Gasteiger partial charge is 0.341 e. The number of carbonyl (C=O) groups is 2. The lowest BCUT2D eigenvalue weighted by atomic mass is 10.2. The fourth-order valence-electron chi connectivity index (χ4n) is 2.29. The van der Waals surface area contributed by atoms with E-state index in [9.17, 15) is 9.59 Å². The van der Waals surface area contributed by atoms with Crippen LogP contribution in [0.15, 0.2) is 58.4 Å². The largest absolute Gasteiger partial charge is 0.481 e. The molecule has 0 radical (unpaired) electrons. The van der Waals surface area contributed by atoms with Crippen LogP contribution in [-0.4, -0.2) is 28.8 Å². The van der Waals surface area contributed by atoms with Crippen LogP contribution in [0, 0.1) is 6.92 Å². The number of benzene rings is 2. The van der Waals surface area contributed by atoms with Crippen LogP contribution in [0.25, 0.3) is 6.08 Å².